The SMILES string of the molecule is CC(C)(C)OC(=O)c1cc2ccc([B-](F)(F)F)cc2[nH]1.[K+]. The van der Waals surface area contributed by atoms with Gasteiger partial charge >= 0.3 is 64.3 Å². The number of benzene rings is 1. The molecule has 0 amide bonds. The van der Waals surface area contributed by atoms with Crippen molar-refractivity contribution < 1.29 is 73.9 Å². The van der Waals surface area contributed by atoms with Crippen molar-refractivity contribution in [3.8, 4) is 0 Å². The average Bonchev–Trinajstić information content (AvgIpc) is 2.67. The first-order chi connectivity index (χ1) is 9.06. The van der Waals surface area contributed by atoms with Crippen molar-refractivity contribution in [3.63, 3.8) is 0 Å². The maximum Gasteiger partial charge on any atom is 1.00 e. The normalized spacial score (nSPS) is 12.1. The molecule has 0 aliphatic rings. The van der Waals surface area contributed by atoms with Crippen LogP contribution in [0.2, 0.25) is 0 Å². The number of hydrogen-bond donors (Lipinski definition) is 1. The maximum atomic E-state index is 12.7. The zero-order valence-electron chi connectivity index (χ0n) is 12.3. The Morgan fingerprint density at radius 1 is 1.19 bits per heavy atom. The van der Waals surface area contributed by atoms with Crippen molar-refractivity contribution in [1.82, 2.24) is 4.98 Å². The molecule has 0 radical (unpaired) electrons. The summed E-state index contributed by atoms with van der Waals surface area (Å²) < 4.78 is 43.1. The molecule has 0 fully saturated rings. The van der Waals surface area contributed by atoms with E-state index in [0.29, 0.717) is 5.39 Å². The molecule has 0 unspecified atom stereocenters. The predicted molar refractivity (Wildman–Crippen MR) is 72.2 cm³/mol. The van der Waals surface area contributed by atoms with Crippen LogP contribution in [0.25, 0.3) is 10.9 Å². The van der Waals surface area contributed by atoms with Crippen LogP contribution in [-0.4, -0.2) is 23.5 Å². The fourth-order valence-corrected chi connectivity index (χ4v) is 1.79. The van der Waals surface area contributed by atoms with Gasteiger partial charge in [0.15, 0.2) is 0 Å². The minimum absolute atomic E-state index is 0. The van der Waals surface area contributed by atoms with Gasteiger partial charge in [-0.2, -0.15) is 0 Å². The van der Waals surface area contributed by atoms with Crippen LogP contribution < -0.4 is 56.8 Å². The molecule has 0 spiro atoms. The molecule has 8 heteroatoms. The third kappa shape index (κ3) is 4.85. The van der Waals surface area contributed by atoms with Crippen molar-refractivity contribution in [2.24, 2.45) is 0 Å². The molecule has 2 aromatic rings. The minimum Gasteiger partial charge on any atom is -0.455 e. The maximum absolute atomic E-state index is 12.7. The first-order valence-electron chi connectivity index (χ1n) is 6.12. The van der Waals surface area contributed by atoms with Crippen LogP contribution >= 0.6 is 0 Å². The largest absolute Gasteiger partial charge is 1.00 e. The van der Waals surface area contributed by atoms with Crippen LogP contribution in [0.4, 0.5) is 12.9 Å². The first-order valence-corrected chi connectivity index (χ1v) is 6.12. The predicted octanol–water partition coefficient (Wildman–Crippen LogP) is 0.182. The topological polar surface area (TPSA) is 42.1 Å². The molecule has 1 aromatic carbocycles. The Labute approximate surface area is 163 Å². The molecule has 0 saturated heterocycles. The van der Waals surface area contributed by atoms with Crippen LogP contribution in [0.3, 0.4) is 0 Å². The molecule has 0 saturated carbocycles. The van der Waals surface area contributed by atoms with E-state index in [1.807, 2.05) is 0 Å². The quantitative estimate of drug-likeness (QED) is 0.633. The summed E-state index contributed by atoms with van der Waals surface area (Å²) in [5.41, 5.74) is -0.950. The van der Waals surface area contributed by atoms with Crippen LogP contribution in [-0.2, 0) is 4.74 Å². The molecule has 0 atom stereocenters. The van der Waals surface area contributed by atoms with Crippen molar-refractivity contribution in [2.45, 2.75) is 26.4 Å². The number of H-pyrrole nitrogens is 1. The molecule has 1 N–H and O–H groups in total. The number of rotatable bonds is 2. The van der Waals surface area contributed by atoms with Crippen LogP contribution in [0, 0.1) is 0 Å². The minimum atomic E-state index is -5.06. The van der Waals surface area contributed by atoms with E-state index in [-0.39, 0.29) is 62.6 Å². The summed E-state index contributed by atoms with van der Waals surface area (Å²) in [6, 6.07) is 4.83. The summed E-state index contributed by atoms with van der Waals surface area (Å²) in [7, 11) is 0. The van der Waals surface area contributed by atoms with Gasteiger partial charge in [0.05, 0.1) is 0 Å². The van der Waals surface area contributed by atoms with E-state index in [1.165, 1.54) is 12.1 Å². The molecule has 1 heterocycles. The van der Waals surface area contributed by atoms with Crippen LogP contribution in [0.1, 0.15) is 31.3 Å². The second kappa shape index (κ2) is 6.46. The Hall–Kier alpha value is -0.279. The second-order valence-electron chi connectivity index (χ2n) is 5.61. The van der Waals surface area contributed by atoms with Gasteiger partial charge in [0, 0.05) is 10.9 Å². The zero-order chi connectivity index (χ0) is 15.1. The van der Waals surface area contributed by atoms with Crippen LogP contribution in [0.5, 0.6) is 0 Å². The number of halogens is 3. The molecule has 3 nitrogen and oxygen atoms in total. The summed E-state index contributed by atoms with van der Waals surface area (Å²) in [5.74, 6) is -0.590. The van der Waals surface area contributed by atoms with Crippen molar-refractivity contribution in [1.29, 1.82) is 0 Å². The molecule has 2 rings (SSSR count). The second-order valence-corrected chi connectivity index (χ2v) is 5.61. The molecule has 21 heavy (non-hydrogen) atoms. The van der Waals surface area contributed by atoms with Gasteiger partial charge in [0.25, 0.3) is 0 Å². The Kier molecular flexibility index (Phi) is 5.77. The smallest absolute Gasteiger partial charge is 0.455 e. The fraction of sp³-hybridized carbons (Fsp3) is 0.308. The van der Waals surface area contributed by atoms with E-state index in [4.69, 9.17) is 4.74 Å². The van der Waals surface area contributed by atoms with Crippen molar-refractivity contribution >= 4 is 29.3 Å². The van der Waals surface area contributed by atoms with E-state index in [9.17, 15) is 17.7 Å². The third-order valence-corrected chi connectivity index (χ3v) is 2.64. The summed E-state index contributed by atoms with van der Waals surface area (Å²) >= 11 is 0. The van der Waals surface area contributed by atoms with Gasteiger partial charge in [-0.1, -0.05) is 18.2 Å². The van der Waals surface area contributed by atoms with Crippen molar-refractivity contribution in [3.05, 3.63) is 30.0 Å². The van der Waals surface area contributed by atoms with E-state index >= 15 is 0 Å². The van der Waals surface area contributed by atoms with E-state index < -0.39 is 24.0 Å². The number of fused-ring (bicyclic) bond motifs is 1. The van der Waals surface area contributed by atoms with Gasteiger partial charge < -0.3 is 22.7 Å². The molecule has 0 bridgehead atoms. The Morgan fingerprint density at radius 3 is 2.33 bits per heavy atom. The number of hydrogen-bond acceptors (Lipinski definition) is 2. The third-order valence-electron chi connectivity index (χ3n) is 2.64. The van der Waals surface area contributed by atoms with Crippen molar-refractivity contribution in [2.75, 3.05) is 0 Å². The molecule has 0 aliphatic heterocycles. The summed E-state index contributed by atoms with van der Waals surface area (Å²) in [6.07, 6.45) is 0. The number of nitrogens with one attached hydrogen (secondary N) is 1. The number of esters is 1. The molecule has 108 valence electrons. The number of carbonyl (C=O) groups is 1. The van der Waals surface area contributed by atoms with Gasteiger partial charge in [-0.25, -0.2) is 4.79 Å². The van der Waals surface area contributed by atoms with Gasteiger partial charge in [-0.15, -0.1) is 5.46 Å². The zero-order valence-corrected chi connectivity index (χ0v) is 15.5. The molecule has 0 aliphatic carbocycles. The summed E-state index contributed by atoms with van der Waals surface area (Å²) in [4.78, 5) is 14.5. The van der Waals surface area contributed by atoms with E-state index in [0.717, 1.165) is 12.1 Å². The standard InChI is InChI=1S/C13H14BF3NO2.K/c1-13(2,3)20-12(19)11-6-8-4-5-9(14(15,16)17)7-10(8)18-11;/h4-7,18H,1-3H3;/q-1;+1. The molecule has 1 aromatic heterocycles. The number of aromatic nitrogens is 1. The first kappa shape index (κ1) is 18.8. The molecular formula is C13H14BF3KNO2. The van der Waals surface area contributed by atoms with Crippen LogP contribution in [0.15, 0.2) is 24.3 Å². The number of aromatic amines is 1. The monoisotopic (exact) mass is 323 g/mol. The Balaban J connectivity index is 0.00000220. The Bertz CT molecular complexity index is 661. The summed E-state index contributed by atoms with van der Waals surface area (Å²) in [5, 5.41) is 0.537. The van der Waals surface area contributed by atoms with Gasteiger partial charge in [0.2, 0.25) is 0 Å². The van der Waals surface area contributed by atoms with E-state index in [2.05, 4.69) is 4.98 Å². The van der Waals surface area contributed by atoms with E-state index in [1.54, 1.807) is 20.8 Å². The fourth-order valence-electron chi connectivity index (χ4n) is 1.79. The van der Waals surface area contributed by atoms with Gasteiger partial charge in [-0.05, 0) is 26.8 Å². The molecular weight excluding hydrogens is 309 g/mol. The van der Waals surface area contributed by atoms with Gasteiger partial charge in [0.1, 0.15) is 11.3 Å². The number of ether oxygens (including phenoxy) is 1. The summed E-state index contributed by atoms with van der Waals surface area (Å²) in [6.45, 7) is 0.105. The Morgan fingerprint density at radius 2 is 1.81 bits per heavy atom. The number of carbonyl (C=O) groups excluding carboxylic acids is 1. The average molecular weight is 323 g/mol. The van der Waals surface area contributed by atoms with Gasteiger partial charge in [-0.3, -0.25) is 0 Å².